The Morgan fingerprint density at radius 3 is 2.67 bits per heavy atom. The predicted molar refractivity (Wildman–Crippen MR) is 109 cm³/mol. The molecule has 2 amide bonds. The largest absolute Gasteiger partial charge is 0.447 e. The monoisotopic (exact) mass is 461 g/mol. The van der Waals surface area contributed by atoms with Crippen LogP contribution in [-0.2, 0) is 18.0 Å². The number of hydrogen-bond donors (Lipinski definition) is 2. The van der Waals surface area contributed by atoms with Gasteiger partial charge in [-0.3, -0.25) is 9.48 Å². The fraction of sp³-hybridized carbons (Fsp3) is 0.238. The predicted octanol–water partition coefficient (Wildman–Crippen LogP) is 3.13. The van der Waals surface area contributed by atoms with E-state index in [4.69, 9.17) is 9.47 Å². The SMILES string of the molecule is Cn1ccc(-c2cc(C(=O)NCC3COC(=O)N3)cnc2Oc2ccc(C(F)(F)F)cc2)n1. The number of alkyl halides is 3. The Kier molecular flexibility index (Phi) is 5.90. The van der Waals surface area contributed by atoms with Crippen LogP contribution in [0.2, 0.25) is 0 Å². The minimum atomic E-state index is -4.46. The molecule has 1 saturated heterocycles. The zero-order chi connectivity index (χ0) is 23.6. The first kappa shape index (κ1) is 22.1. The Morgan fingerprint density at radius 2 is 2.06 bits per heavy atom. The number of carbonyl (C=O) groups is 2. The molecular weight excluding hydrogens is 443 g/mol. The number of ether oxygens (including phenoxy) is 2. The number of cyclic esters (lactones) is 1. The molecule has 0 spiro atoms. The first-order chi connectivity index (χ1) is 15.7. The second-order valence-electron chi connectivity index (χ2n) is 7.23. The summed E-state index contributed by atoms with van der Waals surface area (Å²) in [6, 6.07) is 7.05. The van der Waals surface area contributed by atoms with Crippen LogP contribution in [0.5, 0.6) is 11.6 Å². The van der Waals surface area contributed by atoms with E-state index in [2.05, 4.69) is 20.7 Å². The van der Waals surface area contributed by atoms with Crippen molar-refractivity contribution in [3.63, 3.8) is 0 Å². The molecule has 12 heteroatoms. The number of aryl methyl sites for hydroxylation is 1. The lowest BCUT2D eigenvalue weighted by molar-refractivity contribution is -0.137. The highest BCUT2D eigenvalue weighted by Gasteiger charge is 2.30. The highest BCUT2D eigenvalue weighted by atomic mass is 19.4. The smallest absolute Gasteiger partial charge is 0.416 e. The molecule has 3 aromatic rings. The Bertz CT molecular complexity index is 1180. The highest BCUT2D eigenvalue weighted by molar-refractivity contribution is 5.95. The molecule has 9 nitrogen and oxygen atoms in total. The Hall–Kier alpha value is -4.09. The fourth-order valence-electron chi connectivity index (χ4n) is 3.08. The van der Waals surface area contributed by atoms with Gasteiger partial charge in [-0.2, -0.15) is 18.3 Å². The summed E-state index contributed by atoms with van der Waals surface area (Å²) in [5.41, 5.74) is 0.239. The number of nitrogens with zero attached hydrogens (tertiary/aromatic N) is 3. The molecule has 0 bridgehead atoms. The molecule has 33 heavy (non-hydrogen) atoms. The molecule has 0 radical (unpaired) electrons. The summed E-state index contributed by atoms with van der Waals surface area (Å²) in [5, 5.41) is 9.54. The van der Waals surface area contributed by atoms with E-state index in [0.717, 1.165) is 12.1 Å². The summed E-state index contributed by atoms with van der Waals surface area (Å²) in [7, 11) is 1.71. The van der Waals surface area contributed by atoms with E-state index < -0.39 is 23.7 Å². The van der Waals surface area contributed by atoms with Crippen molar-refractivity contribution in [2.75, 3.05) is 13.2 Å². The van der Waals surface area contributed by atoms with E-state index in [1.165, 1.54) is 24.4 Å². The standard InChI is InChI=1S/C21H18F3N5O4/c1-29-7-6-17(28-29)16-8-12(18(30)25-10-14-11-32-20(31)27-14)9-26-19(16)33-15-4-2-13(3-5-15)21(22,23)24/h2-9,14H,10-11H2,1H3,(H,25,30)(H,27,31). The third-order valence-electron chi connectivity index (χ3n) is 4.75. The molecule has 1 aromatic carbocycles. The second-order valence-corrected chi connectivity index (χ2v) is 7.23. The number of halogens is 3. The molecule has 1 unspecified atom stereocenters. The number of carbonyl (C=O) groups excluding carboxylic acids is 2. The second kappa shape index (κ2) is 8.81. The first-order valence-corrected chi connectivity index (χ1v) is 9.76. The van der Waals surface area contributed by atoms with Crippen LogP contribution < -0.4 is 15.4 Å². The molecular formula is C21H18F3N5O4. The maximum Gasteiger partial charge on any atom is 0.416 e. The molecule has 1 aliphatic heterocycles. The molecule has 2 aromatic heterocycles. The van der Waals surface area contributed by atoms with Crippen molar-refractivity contribution in [3.05, 3.63) is 59.9 Å². The quantitative estimate of drug-likeness (QED) is 0.584. The third kappa shape index (κ3) is 5.22. The van der Waals surface area contributed by atoms with E-state index in [-0.39, 0.29) is 36.4 Å². The summed E-state index contributed by atoms with van der Waals surface area (Å²) in [4.78, 5) is 27.9. The molecule has 3 heterocycles. The maximum absolute atomic E-state index is 12.8. The topological polar surface area (TPSA) is 107 Å². The van der Waals surface area contributed by atoms with Crippen LogP contribution >= 0.6 is 0 Å². The summed E-state index contributed by atoms with van der Waals surface area (Å²) in [6.07, 6.45) is -2.03. The van der Waals surface area contributed by atoms with Gasteiger partial charge < -0.3 is 20.1 Å². The van der Waals surface area contributed by atoms with E-state index in [1.807, 2.05) is 0 Å². The molecule has 1 fully saturated rings. The van der Waals surface area contributed by atoms with Crippen molar-refractivity contribution in [3.8, 4) is 22.9 Å². The summed E-state index contributed by atoms with van der Waals surface area (Å²) in [5.74, 6) is -0.231. The van der Waals surface area contributed by atoms with E-state index in [9.17, 15) is 22.8 Å². The van der Waals surface area contributed by atoms with Gasteiger partial charge in [0, 0.05) is 26.0 Å². The number of hydrogen-bond acceptors (Lipinski definition) is 6. The number of aromatic nitrogens is 3. The zero-order valence-electron chi connectivity index (χ0n) is 17.2. The average molecular weight is 461 g/mol. The van der Waals surface area contributed by atoms with E-state index >= 15 is 0 Å². The van der Waals surface area contributed by atoms with Gasteiger partial charge in [-0.15, -0.1) is 0 Å². The number of pyridine rings is 1. The number of amides is 2. The number of nitrogens with one attached hydrogen (secondary N) is 2. The lowest BCUT2D eigenvalue weighted by Gasteiger charge is -2.13. The van der Waals surface area contributed by atoms with Crippen molar-refractivity contribution < 1.29 is 32.2 Å². The van der Waals surface area contributed by atoms with Crippen molar-refractivity contribution in [2.24, 2.45) is 7.05 Å². The third-order valence-corrected chi connectivity index (χ3v) is 4.75. The minimum Gasteiger partial charge on any atom is -0.447 e. The molecule has 0 saturated carbocycles. The lowest BCUT2D eigenvalue weighted by Crippen LogP contribution is -2.39. The average Bonchev–Trinajstić information content (AvgIpc) is 3.40. The van der Waals surface area contributed by atoms with Crippen LogP contribution in [0.25, 0.3) is 11.3 Å². The van der Waals surface area contributed by atoms with E-state index in [0.29, 0.717) is 11.3 Å². The Morgan fingerprint density at radius 1 is 1.30 bits per heavy atom. The zero-order valence-corrected chi connectivity index (χ0v) is 17.2. The fourth-order valence-corrected chi connectivity index (χ4v) is 3.08. The summed E-state index contributed by atoms with van der Waals surface area (Å²) < 4.78 is 50.4. The van der Waals surface area contributed by atoms with Gasteiger partial charge >= 0.3 is 12.3 Å². The lowest BCUT2D eigenvalue weighted by atomic mass is 10.1. The van der Waals surface area contributed by atoms with Crippen molar-refractivity contribution in [1.29, 1.82) is 0 Å². The van der Waals surface area contributed by atoms with Gasteiger partial charge in [-0.05, 0) is 36.4 Å². The molecule has 1 aliphatic rings. The highest BCUT2D eigenvalue weighted by Crippen LogP contribution is 2.34. The summed E-state index contributed by atoms with van der Waals surface area (Å²) in [6.45, 7) is 0.309. The Labute approximate surface area is 185 Å². The molecule has 4 rings (SSSR count). The maximum atomic E-state index is 12.8. The van der Waals surface area contributed by atoms with Crippen molar-refractivity contribution >= 4 is 12.0 Å². The van der Waals surface area contributed by atoms with Crippen molar-refractivity contribution in [1.82, 2.24) is 25.4 Å². The van der Waals surface area contributed by atoms with Crippen molar-refractivity contribution in [2.45, 2.75) is 12.2 Å². The van der Waals surface area contributed by atoms with Gasteiger partial charge in [0.15, 0.2) is 0 Å². The van der Waals surface area contributed by atoms with Crippen LogP contribution in [-0.4, -0.2) is 46.0 Å². The van der Waals surface area contributed by atoms with Crippen LogP contribution in [0, 0.1) is 0 Å². The van der Waals surface area contributed by atoms with Gasteiger partial charge in [0.2, 0.25) is 5.88 Å². The normalized spacial score (nSPS) is 15.6. The molecule has 172 valence electrons. The van der Waals surface area contributed by atoms with Gasteiger partial charge in [0.05, 0.1) is 28.4 Å². The van der Waals surface area contributed by atoms with Crippen LogP contribution in [0.3, 0.4) is 0 Å². The Balaban J connectivity index is 1.56. The number of benzene rings is 1. The van der Waals surface area contributed by atoms with E-state index in [1.54, 1.807) is 24.0 Å². The number of rotatable bonds is 6. The van der Waals surface area contributed by atoms with Gasteiger partial charge in [-0.25, -0.2) is 9.78 Å². The molecule has 0 aliphatic carbocycles. The molecule has 2 N–H and O–H groups in total. The van der Waals surface area contributed by atoms with Gasteiger partial charge in [0.1, 0.15) is 12.4 Å². The van der Waals surface area contributed by atoms with Gasteiger partial charge in [0.25, 0.3) is 5.91 Å². The molecule has 1 atom stereocenters. The summed E-state index contributed by atoms with van der Waals surface area (Å²) >= 11 is 0. The number of alkyl carbamates (subject to hydrolysis) is 1. The van der Waals surface area contributed by atoms with Crippen LogP contribution in [0.1, 0.15) is 15.9 Å². The minimum absolute atomic E-state index is 0.0708. The first-order valence-electron chi connectivity index (χ1n) is 9.76. The van der Waals surface area contributed by atoms with Crippen LogP contribution in [0.15, 0.2) is 48.8 Å². The van der Waals surface area contributed by atoms with Gasteiger partial charge in [-0.1, -0.05) is 0 Å². The van der Waals surface area contributed by atoms with Crippen LogP contribution in [0.4, 0.5) is 18.0 Å².